The van der Waals surface area contributed by atoms with E-state index >= 15 is 0 Å². The van der Waals surface area contributed by atoms with E-state index in [9.17, 15) is 26.3 Å². The van der Waals surface area contributed by atoms with Gasteiger partial charge in [0.25, 0.3) is 0 Å². The third-order valence-corrected chi connectivity index (χ3v) is 4.07. The van der Waals surface area contributed by atoms with Crippen LogP contribution in [0.3, 0.4) is 0 Å². The topological polar surface area (TPSA) is 57.8 Å². The predicted octanol–water partition coefficient (Wildman–Crippen LogP) is 3.97. The van der Waals surface area contributed by atoms with Crippen LogP contribution >= 0.6 is 0 Å². The van der Waals surface area contributed by atoms with Crippen LogP contribution in [0.4, 0.5) is 26.3 Å². The fourth-order valence-electron chi connectivity index (χ4n) is 2.88. The Kier molecular flexibility index (Phi) is 4.83. The van der Waals surface area contributed by atoms with Crippen LogP contribution in [-0.4, -0.2) is 24.5 Å². The maximum Gasteiger partial charge on any atom is 0.435 e. The molecular weight excluding hydrogens is 404 g/mol. The summed E-state index contributed by atoms with van der Waals surface area (Å²) in [6, 6.07) is 0.893. The molecule has 0 spiro atoms. The first-order chi connectivity index (χ1) is 13.3. The van der Waals surface area contributed by atoms with Crippen molar-refractivity contribution in [2.24, 2.45) is 14.1 Å². The van der Waals surface area contributed by atoms with Crippen molar-refractivity contribution in [3.8, 4) is 17.1 Å². The molecule has 12 heteroatoms. The smallest absolute Gasteiger partial charge is 0.435 e. The molecular formula is C17H15F6N5O. The Hall–Kier alpha value is -3.05. The Labute approximate surface area is 160 Å². The highest BCUT2D eigenvalue weighted by molar-refractivity contribution is 5.58. The lowest BCUT2D eigenvalue weighted by Gasteiger charge is -2.26. The van der Waals surface area contributed by atoms with Gasteiger partial charge in [-0.1, -0.05) is 0 Å². The largest absolute Gasteiger partial charge is 0.474 e. The minimum Gasteiger partial charge on any atom is -0.474 e. The van der Waals surface area contributed by atoms with Gasteiger partial charge in [0.2, 0.25) is 0 Å². The molecule has 3 aromatic rings. The van der Waals surface area contributed by atoms with E-state index in [-0.39, 0.29) is 17.2 Å². The lowest BCUT2D eigenvalue weighted by molar-refractivity contribution is -0.141. The zero-order chi connectivity index (χ0) is 21.7. The summed E-state index contributed by atoms with van der Waals surface area (Å²) in [6.45, 7) is 2.77. The van der Waals surface area contributed by atoms with Gasteiger partial charge in [0.05, 0.1) is 5.56 Å². The Balaban J connectivity index is 2.04. The predicted molar refractivity (Wildman–Crippen MR) is 88.2 cm³/mol. The van der Waals surface area contributed by atoms with Crippen molar-refractivity contribution < 1.29 is 31.1 Å². The van der Waals surface area contributed by atoms with E-state index in [4.69, 9.17) is 4.74 Å². The highest BCUT2D eigenvalue weighted by atomic mass is 19.4. The van der Waals surface area contributed by atoms with Crippen LogP contribution in [-0.2, 0) is 25.9 Å². The number of aromatic nitrogens is 5. The maximum absolute atomic E-state index is 13.9. The summed E-state index contributed by atoms with van der Waals surface area (Å²) in [5.74, 6) is -4.71. The van der Waals surface area contributed by atoms with Crippen LogP contribution in [0.5, 0.6) is 5.75 Å². The fourth-order valence-corrected chi connectivity index (χ4v) is 2.88. The second-order valence-electron chi connectivity index (χ2n) is 6.78. The first-order valence-electron chi connectivity index (χ1n) is 8.16. The Morgan fingerprint density at radius 3 is 2.10 bits per heavy atom. The normalized spacial score (nSPS) is 12.5. The molecule has 0 bridgehead atoms. The molecule has 0 radical (unpaired) electrons. The molecule has 0 atom stereocenters. The lowest BCUT2D eigenvalue weighted by Crippen LogP contribution is -2.30. The molecule has 0 saturated heterocycles. The molecule has 0 N–H and O–H groups in total. The highest BCUT2D eigenvalue weighted by Crippen LogP contribution is 2.37. The maximum atomic E-state index is 13.9. The van der Waals surface area contributed by atoms with Crippen molar-refractivity contribution in [3.63, 3.8) is 0 Å². The van der Waals surface area contributed by atoms with E-state index in [2.05, 4.69) is 15.3 Å². The van der Waals surface area contributed by atoms with E-state index in [1.54, 1.807) is 0 Å². The number of alkyl halides is 3. The second kappa shape index (κ2) is 6.78. The van der Waals surface area contributed by atoms with Gasteiger partial charge >= 0.3 is 6.18 Å². The number of ether oxygens (including phenoxy) is 1. The van der Waals surface area contributed by atoms with Crippen LogP contribution in [0, 0.1) is 17.5 Å². The molecule has 3 rings (SSSR count). The number of hydrogen-bond acceptors (Lipinski definition) is 4. The minimum absolute atomic E-state index is 0.0207. The molecule has 6 nitrogen and oxygen atoms in total. The van der Waals surface area contributed by atoms with Crippen molar-refractivity contribution in [1.82, 2.24) is 24.5 Å². The molecule has 0 unspecified atom stereocenters. The average Bonchev–Trinajstić information content (AvgIpc) is 3.13. The van der Waals surface area contributed by atoms with E-state index < -0.39 is 40.7 Å². The van der Waals surface area contributed by atoms with Crippen LogP contribution < -0.4 is 4.74 Å². The molecule has 0 saturated carbocycles. The zero-order valence-electron chi connectivity index (χ0n) is 15.6. The Morgan fingerprint density at radius 1 is 0.966 bits per heavy atom. The zero-order valence-corrected chi connectivity index (χ0v) is 15.6. The quantitative estimate of drug-likeness (QED) is 0.601. The van der Waals surface area contributed by atoms with Crippen molar-refractivity contribution in [3.05, 3.63) is 47.3 Å². The van der Waals surface area contributed by atoms with Gasteiger partial charge < -0.3 is 9.30 Å². The molecule has 0 fully saturated rings. The number of hydrogen-bond donors (Lipinski definition) is 0. The first kappa shape index (κ1) is 20.7. The van der Waals surface area contributed by atoms with E-state index in [0.29, 0.717) is 12.1 Å². The molecule has 1 aromatic carbocycles. The Morgan fingerprint density at radius 2 is 1.55 bits per heavy atom. The molecule has 0 amide bonds. The van der Waals surface area contributed by atoms with Gasteiger partial charge in [-0.05, 0) is 13.8 Å². The van der Waals surface area contributed by atoms with E-state index in [0.717, 1.165) is 10.9 Å². The summed E-state index contributed by atoms with van der Waals surface area (Å²) < 4.78 is 88.3. The number of rotatable bonds is 4. The first-order valence-corrected chi connectivity index (χ1v) is 8.16. The number of nitrogens with zero attached hydrogens (tertiary/aromatic N) is 5. The van der Waals surface area contributed by atoms with Crippen molar-refractivity contribution in [2.45, 2.75) is 25.6 Å². The fraction of sp³-hybridized carbons (Fsp3) is 0.353. The summed E-state index contributed by atoms with van der Waals surface area (Å²) in [4.78, 5) is 0. The van der Waals surface area contributed by atoms with Gasteiger partial charge in [-0.25, -0.2) is 13.2 Å². The summed E-state index contributed by atoms with van der Waals surface area (Å²) in [5, 5.41) is 11.0. The summed E-state index contributed by atoms with van der Waals surface area (Å²) in [7, 11) is 2.70. The van der Waals surface area contributed by atoms with Crippen LogP contribution in [0.2, 0.25) is 0 Å². The van der Waals surface area contributed by atoms with Crippen LogP contribution in [0.1, 0.15) is 25.4 Å². The third-order valence-electron chi connectivity index (χ3n) is 4.07. The van der Waals surface area contributed by atoms with E-state index in [1.165, 1.54) is 32.5 Å². The Bertz CT molecular complexity index is 1050. The number of aryl methyl sites for hydroxylation is 1. The van der Waals surface area contributed by atoms with Crippen LogP contribution in [0.15, 0.2) is 18.3 Å². The molecule has 29 heavy (non-hydrogen) atoms. The molecule has 0 aliphatic heterocycles. The molecule has 0 aliphatic carbocycles. The molecule has 156 valence electrons. The second-order valence-corrected chi connectivity index (χ2v) is 6.78. The summed E-state index contributed by atoms with van der Waals surface area (Å²) in [6.07, 6.45) is -3.60. The van der Waals surface area contributed by atoms with Gasteiger partial charge in [-0.2, -0.15) is 18.3 Å². The van der Waals surface area contributed by atoms with Gasteiger partial charge in [0, 0.05) is 32.4 Å². The summed E-state index contributed by atoms with van der Waals surface area (Å²) in [5.41, 5.74) is -3.01. The lowest BCUT2D eigenvalue weighted by atomic mass is 10.1. The number of halogens is 6. The van der Waals surface area contributed by atoms with Gasteiger partial charge in [-0.3, -0.25) is 4.68 Å². The number of benzene rings is 1. The van der Waals surface area contributed by atoms with Gasteiger partial charge in [-0.15, -0.1) is 10.2 Å². The van der Waals surface area contributed by atoms with Crippen molar-refractivity contribution in [2.75, 3.05) is 0 Å². The molecule has 2 heterocycles. The summed E-state index contributed by atoms with van der Waals surface area (Å²) >= 11 is 0. The van der Waals surface area contributed by atoms with Crippen LogP contribution in [0.25, 0.3) is 11.4 Å². The standard InChI is InChI=1S/C17H15F6N5O/c1-16(2,29-12-10(19)5-8(18)6-11(12)20)15-25-24-14(28(15)4)9-7-27(3)26-13(9)17(21,22)23/h5-7H,1-4H3. The highest BCUT2D eigenvalue weighted by Gasteiger charge is 2.40. The van der Waals surface area contributed by atoms with E-state index in [1.807, 2.05) is 0 Å². The molecule has 2 aromatic heterocycles. The van der Waals surface area contributed by atoms with Crippen molar-refractivity contribution >= 4 is 0 Å². The van der Waals surface area contributed by atoms with Gasteiger partial charge in [0.1, 0.15) is 5.82 Å². The molecule has 0 aliphatic rings. The SMILES string of the molecule is Cn1cc(-c2nnc(C(C)(C)Oc3c(F)cc(F)cc3F)n2C)c(C(F)(F)F)n1. The minimum atomic E-state index is -4.73. The van der Waals surface area contributed by atoms with Gasteiger partial charge in [0.15, 0.2) is 40.3 Å². The average molecular weight is 419 g/mol. The third kappa shape index (κ3) is 3.78. The van der Waals surface area contributed by atoms with Crippen molar-refractivity contribution in [1.29, 1.82) is 0 Å². The monoisotopic (exact) mass is 419 g/mol.